The number of ether oxygens (including phenoxy) is 1. The molecule has 2 rings (SSSR count). The summed E-state index contributed by atoms with van der Waals surface area (Å²) in [6, 6.07) is 5.63. The summed E-state index contributed by atoms with van der Waals surface area (Å²) in [5, 5.41) is 0. The topological polar surface area (TPSA) is 79.2 Å². The van der Waals surface area contributed by atoms with E-state index in [1.54, 1.807) is 23.2 Å². The van der Waals surface area contributed by atoms with Crippen molar-refractivity contribution in [2.24, 2.45) is 19.8 Å². The van der Waals surface area contributed by atoms with Gasteiger partial charge in [-0.2, -0.15) is 0 Å². The monoisotopic (exact) mass is 291 g/mol. The summed E-state index contributed by atoms with van der Waals surface area (Å²) in [5.74, 6) is -0.219. The number of hydrogen-bond acceptors (Lipinski definition) is 4. The van der Waals surface area contributed by atoms with Crippen LogP contribution in [0, 0.1) is 0 Å². The van der Waals surface area contributed by atoms with Gasteiger partial charge in [-0.15, -0.1) is 0 Å². The van der Waals surface area contributed by atoms with Crippen LogP contribution in [0.5, 0.6) is 0 Å². The lowest BCUT2D eigenvalue weighted by Crippen LogP contribution is -2.19. The van der Waals surface area contributed by atoms with Crippen molar-refractivity contribution < 1.29 is 9.53 Å². The Morgan fingerprint density at radius 1 is 1.29 bits per heavy atom. The third kappa shape index (κ3) is 3.00. The van der Waals surface area contributed by atoms with E-state index >= 15 is 0 Å². The second-order valence-electron chi connectivity index (χ2n) is 5.22. The Kier molecular flexibility index (Phi) is 4.47. The average Bonchev–Trinajstić information content (AvgIpc) is 2.71. The molecule has 0 aliphatic carbocycles. The van der Waals surface area contributed by atoms with Crippen LogP contribution in [0.1, 0.15) is 30.9 Å². The Morgan fingerprint density at radius 3 is 2.62 bits per heavy atom. The van der Waals surface area contributed by atoms with Crippen molar-refractivity contribution in [1.29, 1.82) is 0 Å². The molecule has 0 saturated heterocycles. The number of carbonyl (C=O) groups is 1. The molecule has 114 valence electrons. The number of methoxy groups -OCH3 is 1. The minimum absolute atomic E-state index is 0.0542. The first-order valence-electron chi connectivity index (χ1n) is 6.93. The number of nitrogens with two attached hydrogens (primary N) is 1. The van der Waals surface area contributed by atoms with E-state index in [1.165, 1.54) is 7.11 Å². The Morgan fingerprint density at radius 2 is 1.95 bits per heavy atom. The molecule has 0 aliphatic rings. The lowest BCUT2D eigenvalue weighted by molar-refractivity contribution is -0.140. The minimum Gasteiger partial charge on any atom is -0.469 e. The van der Waals surface area contributed by atoms with Gasteiger partial charge in [0.05, 0.1) is 18.1 Å². The first kappa shape index (κ1) is 15.3. The molecule has 1 aromatic carbocycles. The van der Waals surface area contributed by atoms with Crippen molar-refractivity contribution in [2.75, 3.05) is 7.11 Å². The van der Waals surface area contributed by atoms with Crippen LogP contribution >= 0.6 is 0 Å². The van der Waals surface area contributed by atoms with E-state index < -0.39 is 0 Å². The van der Waals surface area contributed by atoms with Gasteiger partial charge in [0.25, 0.3) is 0 Å². The van der Waals surface area contributed by atoms with Gasteiger partial charge in [-0.05, 0) is 30.5 Å². The summed E-state index contributed by atoms with van der Waals surface area (Å²) in [4.78, 5) is 23.0. The summed E-state index contributed by atoms with van der Waals surface area (Å²) in [6.07, 6.45) is 1.75. The second-order valence-corrected chi connectivity index (χ2v) is 5.22. The van der Waals surface area contributed by atoms with Crippen molar-refractivity contribution in [2.45, 2.75) is 25.3 Å². The van der Waals surface area contributed by atoms with Crippen molar-refractivity contribution in [3.05, 3.63) is 34.2 Å². The number of imidazole rings is 1. The fourth-order valence-corrected chi connectivity index (χ4v) is 2.49. The normalized spacial score (nSPS) is 12.6. The highest BCUT2D eigenvalue weighted by atomic mass is 16.5. The fraction of sp³-hybridized carbons (Fsp3) is 0.467. The van der Waals surface area contributed by atoms with E-state index in [-0.39, 0.29) is 17.7 Å². The number of rotatable bonds is 5. The Balaban J connectivity index is 2.17. The summed E-state index contributed by atoms with van der Waals surface area (Å²) < 4.78 is 7.83. The van der Waals surface area contributed by atoms with E-state index in [4.69, 9.17) is 5.73 Å². The van der Waals surface area contributed by atoms with Crippen LogP contribution in [0.4, 0.5) is 0 Å². The van der Waals surface area contributed by atoms with Gasteiger partial charge in [0.2, 0.25) is 0 Å². The van der Waals surface area contributed by atoms with E-state index in [0.29, 0.717) is 19.3 Å². The third-order valence-corrected chi connectivity index (χ3v) is 3.85. The molecule has 0 aliphatic heterocycles. The molecule has 0 spiro atoms. The van der Waals surface area contributed by atoms with Crippen LogP contribution in [-0.2, 0) is 23.6 Å². The molecule has 0 saturated carbocycles. The zero-order chi connectivity index (χ0) is 15.6. The van der Waals surface area contributed by atoms with Gasteiger partial charge in [-0.3, -0.25) is 13.9 Å². The van der Waals surface area contributed by atoms with Gasteiger partial charge >= 0.3 is 11.7 Å². The number of aromatic nitrogens is 2. The third-order valence-electron chi connectivity index (χ3n) is 3.85. The van der Waals surface area contributed by atoms with Crippen molar-refractivity contribution in [1.82, 2.24) is 9.13 Å². The lowest BCUT2D eigenvalue weighted by Gasteiger charge is -2.12. The molecule has 21 heavy (non-hydrogen) atoms. The van der Waals surface area contributed by atoms with E-state index in [9.17, 15) is 9.59 Å². The van der Waals surface area contributed by atoms with Crippen molar-refractivity contribution in [3.63, 3.8) is 0 Å². The molecule has 6 nitrogen and oxygen atoms in total. The molecule has 1 aromatic heterocycles. The van der Waals surface area contributed by atoms with E-state index in [2.05, 4.69) is 4.74 Å². The van der Waals surface area contributed by atoms with Crippen LogP contribution in [-0.4, -0.2) is 22.2 Å². The van der Waals surface area contributed by atoms with Gasteiger partial charge in [0.15, 0.2) is 0 Å². The zero-order valence-electron chi connectivity index (χ0n) is 12.6. The highest BCUT2D eigenvalue weighted by molar-refractivity contribution is 5.77. The SMILES string of the molecule is COC(=O)CCCC(N)c1ccc2c(c1)n(C)c(=O)n2C. The predicted molar refractivity (Wildman–Crippen MR) is 81.0 cm³/mol. The highest BCUT2D eigenvalue weighted by Crippen LogP contribution is 2.21. The first-order chi connectivity index (χ1) is 9.95. The molecule has 2 N–H and O–H groups in total. The maximum absolute atomic E-state index is 11.9. The largest absolute Gasteiger partial charge is 0.469 e. The fourth-order valence-electron chi connectivity index (χ4n) is 2.49. The molecular formula is C15H21N3O3. The lowest BCUT2D eigenvalue weighted by atomic mass is 10.0. The van der Waals surface area contributed by atoms with Gasteiger partial charge in [0.1, 0.15) is 0 Å². The van der Waals surface area contributed by atoms with Gasteiger partial charge in [-0.25, -0.2) is 4.79 Å². The number of nitrogens with zero attached hydrogens (tertiary/aromatic N) is 2. The molecule has 1 unspecified atom stereocenters. The standard InChI is InChI=1S/C15H21N3O3/c1-17-12-8-7-10(9-13(12)18(2)15(17)20)11(16)5-4-6-14(19)21-3/h7-9,11H,4-6,16H2,1-3H3. The molecule has 0 fully saturated rings. The Bertz CT molecular complexity index is 715. The zero-order valence-corrected chi connectivity index (χ0v) is 12.6. The summed E-state index contributed by atoms with van der Waals surface area (Å²) in [7, 11) is 4.88. The molecule has 0 amide bonds. The number of hydrogen-bond donors (Lipinski definition) is 1. The van der Waals surface area contributed by atoms with Crippen LogP contribution in [0.15, 0.2) is 23.0 Å². The maximum atomic E-state index is 11.9. The molecule has 0 radical (unpaired) electrons. The van der Waals surface area contributed by atoms with Crippen molar-refractivity contribution >= 4 is 17.0 Å². The van der Waals surface area contributed by atoms with Crippen LogP contribution in [0.25, 0.3) is 11.0 Å². The summed E-state index contributed by atoms with van der Waals surface area (Å²) >= 11 is 0. The molecule has 2 aromatic rings. The molecule has 6 heteroatoms. The molecule has 1 heterocycles. The summed E-state index contributed by atoms with van der Waals surface area (Å²) in [6.45, 7) is 0. The smallest absolute Gasteiger partial charge is 0.328 e. The molecule has 1 atom stereocenters. The van der Waals surface area contributed by atoms with Crippen LogP contribution in [0.2, 0.25) is 0 Å². The second kappa shape index (κ2) is 6.13. The first-order valence-corrected chi connectivity index (χ1v) is 6.93. The Hall–Kier alpha value is -2.08. The number of aryl methyl sites for hydroxylation is 2. The van der Waals surface area contributed by atoms with Crippen molar-refractivity contribution in [3.8, 4) is 0 Å². The van der Waals surface area contributed by atoms with Crippen LogP contribution < -0.4 is 11.4 Å². The van der Waals surface area contributed by atoms with Gasteiger partial charge in [0, 0.05) is 26.6 Å². The Labute approximate surface area is 123 Å². The minimum atomic E-state index is -0.219. The number of esters is 1. The number of carbonyl (C=O) groups excluding carboxylic acids is 1. The summed E-state index contributed by atoms with van der Waals surface area (Å²) in [5.41, 5.74) is 8.82. The predicted octanol–water partition coefficient (Wildman–Crippen LogP) is 1.22. The van der Waals surface area contributed by atoms with Gasteiger partial charge < -0.3 is 10.5 Å². The van der Waals surface area contributed by atoms with Crippen LogP contribution in [0.3, 0.4) is 0 Å². The maximum Gasteiger partial charge on any atom is 0.328 e. The number of benzene rings is 1. The number of fused-ring (bicyclic) bond motifs is 1. The average molecular weight is 291 g/mol. The van der Waals surface area contributed by atoms with E-state index in [1.807, 2.05) is 18.2 Å². The quantitative estimate of drug-likeness (QED) is 0.840. The molecule has 0 bridgehead atoms. The highest BCUT2D eigenvalue weighted by Gasteiger charge is 2.12. The molecular weight excluding hydrogens is 270 g/mol. The van der Waals surface area contributed by atoms with Gasteiger partial charge in [-0.1, -0.05) is 6.07 Å². The van der Waals surface area contributed by atoms with E-state index in [0.717, 1.165) is 16.6 Å².